The fourth-order valence-electron chi connectivity index (χ4n) is 2.10. The van der Waals surface area contributed by atoms with Gasteiger partial charge >= 0.3 is 0 Å². The van der Waals surface area contributed by atoms with Crippen LogP contribution in [0.2, 0.25) is 0 Å². The third kappa shape index (κ3) is 2.45. The first-order valence-electron chi connectivity index (χ1n) is 5.34. The van der Waals surface area contributed by atoms with E-state index in [0.717, 1.165) is 26.2 Å². The Morgan fingerprint density at radius 1 is 1.21 bits per heavy atom. The van der Waals surface area contributed by atoms with E-state index in [0.29, 0.717) is 18.7 Å². The summed E-state index contributed by atoms with van der Waals surface area (Å²) in [5.41, 5.74) is 0. The number of methoxy groups -OCH3 is 1. The predicted octanol–water partition coefficient (Wildman–Crippen LogP) is 0.169. The number of ether oxygens (including phenoxy) is 3. The molecule has 3 atom stereocenters. The van der Waals surface area contributed by atoms with Gasteiger partial charge < -0.3 is 19.5 Å². The SMILES string of the molecule is CO[C@H]1COC[C@@H]1NC1CCCOC1. The average Bonchev–Trinajstić information content (AvgIpc) is 2.67. The van der Waals surface area contributed by atoms with Gasteiger partial charge in [-0.25, -0.2) is 0 Å². The van der Waals surface area contributed by atoms with Gasteiger partial charge in [0, 0.05) is 19.8 Å². The molecule has 1 unspecified atom stereocenters. The molecule has 0 aromatic heterocycles. The molecular formula is C10H19NO3. The number of hydrogen-bond acceptors (Lipinski definition) is 4. The average molecular weight is 201 g/mol. The molecule has 0 radical (unpaired) electrons. The summed E-state index contributed by atoms with van der Waals surface area (Å²) in [4.78, 5) is 0. The monoisotopic (exact) mass is 201 g/mol. The van der Waals surface area contributed by atoms with Crippen LogP contribution >= 0.6 is 0 Å². The zero-order chi connectivity index (χ0) is 9.80. The van der Waals surface area contributed by atoms with E-state index in [-0.39, 0.29) is 6.10 Å². The van der Waals surface area contributed by atoms with Crippen molar-refractivity contribution in [1.82, 2.24) is 5.32 Å². The van der Waals surface area contributed by atoms with Crippen LogP contribution in [0, 0.1) is 0 Å². The molecule has 2 aliphatic heterocycles. The predicted molar refractivity (Wildman–Crippen MR) is 52.4 cm³/mol. The second kappa shape index (κ2) is 5.07. The molecule has 2 rings (SSSR count). The van der Waals surface area contributed by atoms with Gasteiger partial charge in [0.05, 0.1) is 32.0 Å². The molecule has 0 bridgehead atoms. The Bertz CT molecular complexity index is 171. The highest BCUT2D eigenvalue weighted by molar-refractivity contribution is 4.85. The van der Waals surface area contributed by atoms with Crippen LogP contribution in [-0.2, 0) is 14.2 Å². The highest BCUT2D eigenvalue weighted by Crippen LogP contribution is 2.13. The maximum atomic E-state index is 5.42. The third-order valence-electron chi connectivity index (χ3n) is 2.94. The van der Waals surface area contributed by atoms with Crippen LogP contribution in [-0.4, -0.2) is 51.7 Å². The van der Waals surface area contributed by atoms with Crippen LogP contribution in [0.15, 0.2) is 0 Å². The molecule has 0 aromatic carbocycles. The summed E-state index contributed by atoms with van der Waals surface area (Å²) in [5, 5.41) is 3.54. The lowest BCUT2D eigenvalue weighted by molar-refractivity contribution is 0.0468. The van der Waals surface area contributed by atoms with Crippen LogP contribution in [0.5, 0.6) is 0 Å². The summed E-state index contributed by atoms with van der Waals surface area (Å²) < 4.78 is 16.1. The molecular weight excluding hydrogens is 182 g/mol. The minimum Gasteiger partial charge on any atom is -0.380 e. The standard InChI is InChI=1S/C10H19NO3/c1-12-10-7-14-6-9(10)11-8-3-2-4-13-5-8/h8-11H,2-7H2,1H3/t8?,9-,10-/m0/s1. The van der Waals surface area contributed by atoms with Crippen molar-refractivity contribution >= 4 is 0 Å². The first kappa shape index (κ1) is 10.4. The number of rotatable bonds is 3. The fourth-order valence-corrected chi connectivity index (χ4v) is 2.10. The minimum absolute atomic E-state index is 0.205. The number of hydrogen-bond donors (Lipinski definition) is 1. The Balaban J connectivity index is 1.77. The molecule has 0 spiro atoms. The van der Waals surface area contributed by atoms with Gasteiger partial charge in [-0.05, 0) is 12.8 Å². The summed E-state index contributed by atoms with van der Waals surface area (Å²) in [5.74, 6) is 0. The Labute approximate surface area is 84.9 Å². The maximum absolute atomic E-state index is 5.42. The summed E-state index contributed by atoms with van der Waals surface area (Å²) in [7, 11) is 1.74. The van der Waals surface area contributed by atoms with E-state index >= 15 is 0 Å². The maximum Gasteiger partial charge on any atom is 0.0979 e. The quantitative estimate of drug-likeness (QED) is 0.706. The Hall–Kier alpha value is -0.160. The molecule has 1 N–H and O–H groups in total. The van der Waals surface area contributed by atoms with Crippen molar-refractivity contribution in [3.63, 3.8) is 0 Å². The number of nitrogens with one attached hydrogen (secondary N) is 1. The Morgan fingerprint density at radius 3 is 2.86 bits per heavy atom. The van der Waals surface area contributed by atoms with Gasteiger partial charge in [-0.15, -0.1) is 0 Å². The lowest BCUT2D eigenvalue weighted by atomic mass is 10.1. The highest BCUT2D eigenvalue weighted by atomic mass is 16.5. The Kier molecular flexibility index (Phi) is 3.75. The molecule has 0 saturated carbocycles. The molecule has 0 aromatic rings. The van der Waals surface area contributed by atoms with Crippen LogP contribution in [0.3, 0.4) is 0 Å². The molecule has 4 nitrogen and oxygen atoms in total. The summed E-state index contributed by atoms with van der Waals surface area (Å²) in [6.45, 7) is 3.21. The molecule has 82 valence electrons. The van der Waals surface area contributed by atoms with Gasteiger partial charge in [-0.1, -0.05) is 0 Å². The van der Waals surface area contributed by atoms with Gasteiger partial charge in [0.1, 0.15) is 0 Å². The van der Waals surface area contributed by atoms with Crippen molar-refractivity contribution in [2.45, 2.75) is 31.0 Å². The largest absolute Gasteiger partial charge is 0.380 e. The van der Waals surface area contributed by atoms with E-state index < -0.39 is 0 Å². The van der Waals surface area contributed by atoms with E-state index in [1.165, 1.54) is 6.42 Å². The van der Waals surface area contributed by atoms with Gasteiger partial charge in [0.15, 0.2) is 0 Å². The molecule has 2 saturated heterocycles. The topological polar surface area (TPSA) is 39.7 Å². The molecule has 2 aliphatic rings. The smallest absolute Gasteiger partial charge is 0.0979 e. The van der Waals surface area contributed by atoms with Crippen LogP contribution in [0.1, 0.15) is 12.8 Å². The summed E-state index contributed by atoms with van der Waals surface area (Å²) in [6.07, 6.45) is 2.56. The van der Waals surface area contributed by atoms with Gasteiger partial charge in [0.2, 0.25) is 0 Å². The zero-order valence-electron chi connectivity index (χ0n) is 8.70. The third-order valence-corrected chi connectivity index (χ3v) is 2.94. The van der Waals surface area contributed by atoms with Crippen LogP contribution < -0.4 is 5.32 Å². The van der Waals surface area contributed by atoms with Crippen molar-refractivity contribution in [1.29, 1.82) is 0 Å². The minimum atomic E-state index is 0.205. The molecule has 2 fully saturated rings. The first-order chi connectivity index (χ1) is 6.90. The van der Waals surface area contributed by atoms with Crippen LogP contribution in [0.25, 0.3) is 0 Å². The van der Waals surface area contributed by atoms with E-state index in [1.54, 1.807) is 7.11 Å². The lowest BCUT2D eigenvalue weighted by Crippen LogP contribution is -2.48. The molecule has 14 heavy (non-hydrogen) atoms. The second-order valence-corrected chi connectivity index (χ2v) is 4.00. The molecule has 2 heterocycles. The fraction of sp³-hybridized carbons (Fsp3) is 1.00. The van der Waals surface area contributed by atoms with Gasteiger partial charge in [0.25, 0.3) is 0 Å². The van der Waals surface area contributed by atoms with Crippen molar-refractivity contribution in [2.75, 3.05) is 33.5 Å². The van der Waals surface area contributed by atoms with Gasteiger partial charge in [-0.2, -0.15) is 0 Å². The second-order valence-electron chi connectivity index (χ2n) is 4.00. The zero-order valence-corrected chi connectivity index (χ0v) is 8.70. The van der Waals surface area contributed by atoms with Crippen molar-refractivity contribution in [3.8, 4) is 0 Å². The summed E-state index contributed by atoms with van der Waals surface area (Å²) >= 11 is 0. The first-order valence-corrected chi connectivity index (χ1v) is 5.34. The van der Waals surface area contributed by atoms with Crippen molar-refractivity contribution in [2.24, 2.45) is 0 Å². The van der Waals surface area contributed by atoms with E-state index in [2.05, 4.69) is 5.32 Å². The highest BCUT2D eigenvalue weighted by Gasteiger charge is 2.30. The normalized spacial score (nSPS) is 38.8. The molecule has 0 amide bonds. The van der Waals surface area contributed by atoms with Gasteiger partial charge in [-0.3, -0.25) is 0 Å². The van der Waals surface area contributed by atoms with Crippen LogP contribution in [0.4, 0.5) is 0 Å². The molecule has 0 aliphatic carbocycles. The van der Waals surface area contributed by atoms with E-state index in [1.807, 2.05) is 0 Å². The lowest BCUT2D eigenvalue weighted by Gasteiger charge is -2.28. The summed E-state index contributed by atoms with van der Waals surface area (Å²) in [6, 6.07) is 0.819. The van der Waals surface area contributed by atoms with Crippen molar-refractivity contribution in [3.05, 3.63) is 0 Å². The molecule has 4 heteroatoms. The Morgan fingerprint density at radius 2 is 2.14 bits per heavy atom. The van der Waals surface area contributed by atoms with E-state index in [4.69, 9.17) is 14.2 Å². The van der Waals surface area contributed by atoms with Crippen molar-refractivity contribution < 1.29 is 14.2 Å². The van der Waals surface area contributed by atoms with E-state index in [9.17, 15) is 0 Å².